The van der Waals surface area contributed by atoms with Crippen LogP contribution in [-0.4, -0.2) is 13.2 Å². The minimum atomic E-state index is 0.584. The number of hydrogen-bond donors (Lipinski definition) is 1. The molecule has 0 unspecified atom stereocenters. The summed E-state index contributed by atoms with van der Waals surface area (Å²) >= 11 is 0. The summed E-state index contributed by atoms with van der Waals surface area (Å²) < 4.78 is 5.50. The van der Waals surface area contributed by atoms with Crippen molar-refractivity contribution in [1.29, 1.82) is 0 Å². The summed E-state index contributed by atoms with van der Waals surface area (Å²) in [4.78, 5) is 0. The predicted octanol–water partition coefficient (Wildman–Crippen LogP) is 2.05. The second-order valence-electron chi connectivity index (χ2n) is 4.11. The van der Waals surface area contributed by atoms with Crippen molar-refractivity contribution in [3.05, 3.63) is 29.3 Å². The van der Waals surface area contributed by atoms with E-state index in [0.717, 1.165) is 25.3 Å². The van der Waals surface area contributed by atoms with Crippen LogP contribution in [0.4, 0.5) is 0 Å². The Morgan fingerprint density at radius 3 is 3.21 bits per heavy atom. The van der Waals surface area contributed by atoms with Gasteiger partial charge in [0, 0.05) is 12.5 Å². The molecule has 1 N–H and O–H groups in total. The van der Waals surface area contributed by atoms with Crippen LogP contribution in [0.1, 0.15) is 30.0 Å². The van der Waals surface area contributed by atoms with Crippen LogP contribution >= 0.6 is 0 Å². The molecule has 2 heterocycles. The van der Waals surface area contributed by atoms with Gasteiger partial charge in [0.05, 0.1) is 6.61 Å². The summed E-state index contributed by atoms with van der Waals surface area (Å²) in [5.41, 5.74) is 2.82. The summed E-state index contributed by atoms with van der Waals surface area (Å²) in [6, 6.07) is 7.22. The van der Waals surface area contributed by atoms with E-state index in [9.17, 15) is 0 Å². The molecule has 0 radical (unpaired) electrons. The first-order valence-corrected chi connectivity index (χ1v) is 5.42. The molecule has 1 saturated heterocycles. The zero-order valence-electron chi connectivity index (χ0n) is 8.25. The highest BCUT2D eigenvalue weighted by Gasteiger charge is 2.19. The Kier molecular flexibility index (Phi) is 1.95. The van der Waals surface area contributed by atoms with Gasteiger partial charge in [0.25, 0.3) is 0 Å². The van der Waals surface area contributed by atoms with Crippen molar-refractivity contribution >= 4 is 0 Å². The quantitative estimate of drug-likeness (QED) is 0.730. The minimum Gasteiger partial charge on any atom is -0.493 e. The number of benzene rings is 1. The lowest BCUT2D eigenvalue weighted by molar-refractivity contribution is 0.357. The fraction of sp³-hybridized carbons (Fsp3) is 0.500. The number of nitrogens with one attached hydrogen (secondary N) is 1. The van der Waals surface area contributed by atoms with Gasteiger partial charge in [-0.05, 0) is 36.6 Å². The SMILES string of the molecule is c1cc2c(cc1[C@@H]1CCCN1)CCO2. The monoisotopic (exact) mass is 189 g/mol. The summed E-state index contributed by atoms with van der Waals surface area (Å²) in [5, 5.41) is 3.52. The molecule has 3 rings (SSSR count). The van der Waals surface area contributed by atoms with Gasteiger partial charge in [0.2, 0.25) is 0 Å². The number of fused-ring (bicyclic) bond motifs is 1. The molecule has 14 heavy (non-hydrogen) atoms. The van der Waals surface area contributed by atoms with Crippen molar-refractivity contribution in [3.63, 3.8) is 0 Å². The third-order valence-corrected chi connectivity index (χ3v) is 3.18. The maximum absolute atomic E-state index is 5.50. The Morgan fingerprint density at radius 2 is 2.36 bits per heavy atom. The second kappa shape index (κ2) is 3.28. The Bertz CT molecular complexity index is 342. The van der Waals surface area contributed by atoms with E-state index in [4.69, 9.17) is 4.74 Å². The predicted molar refractivity (Wildman–Crippen MR) is 55.6 cm³/mol. The van der Waals surface area contributed by atoms with Crippen LogP contribution in [0.25, 0.3) is 0 Å². The number of ether oxygens (including phenoxy) is 1. The second-order valence-corrected chi connectivity index (χ2v) is 4.11. The lowest BCUT2D eigenvalue weighted by atomic mass is 10.0. The molecule has 0 saturated carbocycles. The first-order valence-electron chi connectivity index (χ1n) is 5.42. The fourth-order valence-electron chi connectivity index (χ4n) is 2.39. The van der Waals surface area contributed by atoms with Gasteiger partial charge < -0.3 is 10.1 Å². The van der Waals surface area contributed by atoms with E-state index >= 15 is 0 Å². The summed E-state index contributed by atoms with van der Waals surface area (Å²) in [5.74, 6) is 1.09. The third-order valence-electron chi connectivity index (χ3n) is 3.18. The van der Waals surface area contributed by atoms with Crippen LogP contribution in [0.5, 0.6) is 5.75 Å². The maximum Gasteiger partial charge on any atom is 0.122 e. The number of hydrogen-bond acceptors (Lipinski definition) is 2. The normalized spacial score (nSPS) is 24.7. The Labute approximate surface area is 84.3 Å². The van der Waals surface area contributed by atoms with Crippen LogP contribution in [0.2, 0.25) is 0 Å². The van der Waals surface area contributed by atoms with Gasteiger partial charge in [-0.25, -0.2) is 0 Å². The van der Waals surface area contributed by atoms with Crippen LogP contribution in [0.15, 0.2) is 18.2 Å². The van der Waals surface area contributed by atoms with E-state index in [1.807, 2.05) is 0 Å². The molecule has 1 fully saturated rings. The van der Waals surface area contributed by atoms with Crippen molar-refractivity contribution in [3.8, 4) is 5.75 Å². The molecule has 0 aromatic heterocycles. The average molecular weight is 189 g/mol. The van der Waals surface area contributed by atoms with Crippen LogP contribution in [-0.2, 0) is 6.42 Å². The first kappa shape index (κ1) is 8.30. The van der Waals surface area contributed by atoms with E-state index in [-0.39, 0.29) is 0 Å². The molecule has 1 atom stereocenters. The number of rotatable bonds is 1. The molecule has 0 bridgehead atoms. The maximum atomic E-state index is 5.50. The zero-order valence-corrected chi connectivity index (χ0v) is 8.25. The van der Waals surface area contributed by atoms with Gasteiger partial charge in [0.1, 0.15) is 5.75 Å². The molecule has 1 aromatic carbocycles. The largest absolute Gasteiger partial charge is 0.493 e. The molecular formula is C12H15NO. The van der Waals surface area contributed by atoms with Gasteiger partial charge in [0.15, 0.2) is 0 Å². The van der Waals surface area contributed by atoms with Crippen molar-refractivity contribution in [1.82, 2.24) is 5.32 Å². The van der Waals surface area contributed by atoms with Crippen LogP contribution in [0, 0.1) is 0 Å². The molecular weight excluding hydrogens is 174 g/mol. The van der Waals surface area contributed by atoms with E-state index in [0.29, 0.717) is 6.04 Å². The lowest BCUT2D eigenvalue weighted by Gasteiger charge is -2.11. The van der Waals surface area contributed by atoms with E-state index in [2.05, 4.69) is 23.5 Å². The van der Waals surface area contributed by atoms with Gasteiger partial charge >= 0.3 is 0 Å². The topological polar surface area (TPSA) is 21.3 Å². The smallest absolute Gasteiger partial charge is 0.122 e. The molecule has 74 valence electrons. The van der Waals surface area contributed by atoms with Gasteiger partial charge in [-0.2, -0.15) is 0 Å². The van der Waals surface area contributed by atoms with Crippen LogP contribution in [0.3, 0.4) is 0 Å². The zero-order chi connectivity index (χ0) is 9.38. The standard InChI is InChI=1S/C12H15NO/c1-2-11(13-6-1)9-3-4-12-10(8-9)5-7-14-12/h3-4,8,11,13H,1-2,5-7H2/t11-/m0/s1. The Balaban J connectivity index is 1.91. The molecule has 1 aromatic rings. The Hall–Kier alpha value is -1.02. The third kappa shape index (κ3) is 1.30. The van der Waals surface area contributed by atoms with Gasteiger partial charge in [-0.3, -0.25) is 0 Å². The van der Waals surface area contributed by atoms with E-state index in [1.165, 1.54) is 24.0 Å². The van der Waals surface area contributed by atoms with Crippen molar-refractivity contribution < 1.29 is 4.74 Å². The van der Waals surface area contributed by atoms with Crippen LogP contribution < -0.4 is 10.1 Å². The molecule has 2 aliphatic rings. The lowest BCUT2D eigenvalue weighted by Crippen LogP contribution is -2.12. The van der Waals surface area contributed by atoms with E-state index < -0.39 is 0 Å². The van der Waals surface area contributed by atoms with Gasteiger partial charge in [-0.15, -0.1) is 0 Å². The molecule has 2 aliphatic heterocycles. The van der Waals surface area contributed by atoms with Crippen molar-refractivity contribution in [2.45, 2.75) is 25.3 Å². The Morgan fingerprint density at radius 1 is 1.36 bits per heavy atom. The highest BCUT2D eigenvalue weighted by Crippen LogP contribution is 2.30. The highest BCUT2D eigenvalue weighted by molar-refractivity contribution is 5.40. The molecule has 2 heteroatoms. The highest BCUT2D eigenvalue weighted by atomic mass is 16.5. The van der Waals surface area contributed by atoms with Crippen molar-refractivity contribution in [2.24, 2.45) is 0 Å². The minimum absolute atomic E-state index is 0.584. The summed E-state index contributed by atoms with van der Waals surface area (Å²) in [7, 11) is 0. The fourth-order valence-corrected chi connectivity index (χ4v) is 2.39. The molecule has 0 amide bonds. The summed E-state index contributed by atoms with van der Waals surface area (Å²) in [6.07, 6.45) is 3.66. The molecule has 0 spiro atoms. The molecule has 2 nitrogen and oxygen atoms in total. The average Bonchev–Trinajstić information content (AvgIpc) is 2.88. The molecule has 0 aliphatic carbocycles. The van der Waals surface area contributed by atoms with E-state index in [1.54, 1.807) is 0 Å². The summed E-state index contributed by atoms with van der Waals surface area (Å²) in [6.45, 7) is 2.02. The van der Waals surface area contributed by atoms with Crippen molar-refractivity contribution in [2.75, 3.05) is 13.2 Å². The van der Waals surface area contributed by atoms with Gasteiger partial charge in [-0.1, -0.05) is 12.1 Å². The first-order chi connectivity index (χ1) is 6.93.